The fourth-order valence-corrected chi connectivity index (χ4v) is 4.37. The molecule has 0 aliphatic carbocycles. The van der Waals surface area contributed by atoms with Crippen LogP contribution >= 0.6 is 11.3 Å². The van der Waals surface area contributed by atoms with Gasteiger partial charge in [-0.2, -0.15) is 0 Å². The van der Waals surface area contributed by atoms with Crippen LogP contribution in [0.5, 0.6) is 0 Å². The van der Waals surface area contributed by atoms with Crippen molar-refractivity contribution in [2.45, 2.75) is 52.9 Å². The quantitative estimate of drug-likeness (QED) is 0.727. The summed E-state index contributed by atoms with van der Waals surface area (Å²) < 4.78 is 7.78. The Morgan fingerprint density at radius 3 is 2.88 bits per heavy atom. The van der Waals surface area contributed by atoms with Gasteiger partial charge in [0.15, 0.2) is 11.5 Å². The Kier molecular flexibility index (Phi) is 3.82. The van der Waals surface area contributed by atoms with Crippen molar-refractivity contribution in [3.05, 3.63) is 22.6 Å². The van der Waals surface area contributed by atoms with Crippen molar-refractivity contribution in [2.75, 3.05) is 13.1 Å². The van der Waals surface area contributed by atoms with Crippen LogP contribution in [0.1, 0.15) is 44.0 Å². The fraction of sp³-hybridized carbons (Fsp3) is 0.588. The minimum Gasteiger partial charge on any atom is -0.370 e. The van der Waals surface area contributed by atoms with Crippen molar-refractivity contribution >= 4 is 27.2 Å². The van der Waals surface area contributed by atoms with Crippen molar-refractivity contribution in [1.29, 1.82) is 0 Å². The largest absolute Gasteiger partial charge is 0.370 e. The number of hydrogen-bond acceptors (Lipinski definition) is 6. The van der Waals surface area contributed by atoms with Gasteiger partial charge in [0.05, 0.1) is 24.1 Å². The molecule has 1 aliphatic heterocycles. The SMILES string of the molecule is CCN(CC)Cc1nc2c3c4c(sc3ncn2n1)COC(C)(C)C4. The molecule has 3 aromatic heterocycles. The van der Waals surface area contributed by atoms with E-state index in [1.165, 1.54) is 10.4 Å². The fourth-order valence-electron chi connectivity index (χ4n) is 3.30. The lowest BCUT2D eigenvalue weighted by molar-refractivity contribution is -0.0379. The summed E-state index contributed by atoms with van der Waals surface area (Å²) in [5.41, 5.74) is 2.13. The molecular formula is C17H23N5OS. The summed E-state index contributed by atoms with van der Waals surface area (Å²) in [5, 5.41) is 5.80. The Labute approximate surface area is 145 Å². The van der Waals surface area contributed by atoms with Crippen molar-refractivity contribution in [2.24, 2.45) is 0 Å². The molecule has 6 nitrogen and oxygen atoms in total. The number of fused-ring (bicyclic) bond motifs is 5. The van der Waals surface area contributed by atoms with Crippen LogP contribution in [0.3, 0.4) is 0 Å². The maximum atomic E-state index is 5.95. The predicted molar refractivity (Wildman–Crippen MR) is 95.4 cm³/mol. The summed E-state index contributed by atoms with van der Waals surface area (Å²) in [7, 11) is 0. The molecule has 0 saturated heterocycles. The Hall–Kier alpha value is -1.57. The normalized spacial score (nSPS) is 17.0. The van der Waals surface area contributed by atoms with Gasteiger partial charge in [0.2, 0.25) is 0 Å². The molecule has 4 heterocycles. The molecular weight excluding hydrogens is 322 g/mol. The van der Waals surface area contributed by atoms with E-state index < -0.39 is 0 Å². The first-order chi connectivity index (χ1) is 11.5. The summed E-state index contributed by atoms with van der Waals surface area (Å²) in [6.07, 6.45) is 2.67. The van der Waals surface area contributed by atoms with E-state index in [1.54, 1.807) is 17.7 Å². The molecule has 0 atom stereocenters. The summed E-state index contributed by atoms with van der Waals surface area (Å²) in [5.74, 6) is 0.860. The standard InChI is InChI=1S/C17H23N5OS/c1-5-21(6-2)8-13-19-15-14-11-7-17(3,4)23-9-12(11)24-16(14)18-10-22(15)20-13/h10H,5-9H2,1-4H3. The van der Waals surface area contributed by atoms with Crippen LogP contribution in [-0.2, 0) is 24.3 Å². The summed E-state index contributed by atoms with van der Waals surface area (Å²) >= 11 is 1.72. The lowest BCUT2D eigenvalue weighted by atomic mass is 9.94. The highest BCUT2D eigenvalue weighted by atomic mass is 32.1. The molecule has 24 heavy (non-hydrogen) atoms. The third kappa shape index (κ3) is 2.60. The number of rotatable bonds is 4. The first-order valence-electron chi connectivity index (χ1n) is 8.51. The Morgan fingerprint density at radius 1 is 1.33 bits per heavy atom. The van der Waals surface area contributed by atoms with Crippen LogP contribution in [0.2, 0.25) is 0 Å². The molecule has 128 valence electrons. The summed E-state index contributed by atoms with van der Waals surface area (Å²) in [6, 6.07) is 0. The van der Waals surface area contributed by atoms with E-state index >= 15 is 0 Å². The van der Waals surface area contributed by atoms with Gasteiger partial charge in [-0.05, 0) is 32.5 Å². The minimum atomic E-state index is -0.141. The van der Waals surface area contributed by atoms with Crippen LogP contribution < -0.4 is 0 Å². The first-order valence-corrected chi connectivity index (χ1v) is 9.33. The Bertz CT molecular complexity index is 893. The number of aromatic nitrogens is 4. The number of thiophene rings is 1. The van der Waals surface area contributed by atoms with Crippen LogP contribution in [0.25, 0.3) is 15.9 Å². The average Bonchev–Trinajstić information content (AvgIpc) is 3.11. The average molecular weight is 345 g/mol. The van der Waals surface area contributed by atoms with E-state index in [-0.39, 0.29) is 5.60 Å². The molecule has 0 N–H and O–H groups in total. The van der Waals surface area contributed by atoms with Gasteiger partial charge in [0.25, 0.3) is 0 Å². The first kappa shape index (κ1) is 15.9. The topological polar surface area (TPSA) is 55.6 Å². The second-order valence-corrected chi connectivity index (χ2v) is 7.99. The molecule has 0 bridgehead atoms. The van der Waals surface area contributed by atoms with E-state index in [0.717, 1.165) is 47.7 Å². The van der Waals surface area contributed by atoms with E-state index in [0.29, 0.717) is 6.61 Å². The molecule has 1 aliphatic rings. The zero-order valence-electron chi connectivity index (χ0n) is 14.7. The van der Waals surface area contributed by atoms with E-state index in [9.17, 15) is 0 Å². The number of hydrogen-bond donors (Lipinski definition) is 0. The number of ether oxygens (including phenoxy) is 1. The molecule has 0 amide bonds. The highest BCUT2D eigenvalue weighted by Crippen LogP contribution is 2.39. The van der Waals surface area contributed by atoms with Gasteiger partial charge in [0, 0.05) is 11.3 Å². The van der Waals surface area contributed by atoms with Crippen molar-refractivity contribution in [1.82, 2.24) is 24.5 Å². The van der Waals surface area contributed by atoms with Gasteiger partial charge in [0.1, 0.15) is 11.2 Å². The second-order valence-electron chi connectivity index (χ2n) is 6.91. The monoisotopic (exact) mass is 345 g/mol. The van der Waals surface area contributed by atoms with E-state index in [2.05, 4.69) is 42.7 Å². The number of nitrogens with zero attached hydrogens (tertiary/aromatic N) is 5. The van der Waals surface area contributed by atoms with Gasteiger partial charge in [-0.25, -0.2) is 14.5 Å². The second kappa shape index (κ2) is 5.75. The maximum Gasteiger partial charge on any atom is 0.168 e. The zero-order valence-corrected chi connectivity index (χ0v) is 15.5. The van der Waals surface area contributed by atoms with Crippen molar-refractivity contribution in [3.63, 3.8) is 0 Å². The van der Waals surface area contributed by atoms with Gasteiger partial charge < -0.3 is 4.74 Å². The third-order valence-electron chi connectivity index (χ3n) is 4.71. The molecule has 0 aromatic carbocycles. The molecule has 0 spiro atoms. The van der Waals surface area contributed by atoms with Gasteiger partial charge in [-0.3, -0.25) is 4.90 Å². The highest BCUT2D eigenvalue weighted by molar-refractivity contribution is 7.19. The minimum absolute atomic E-state index is 0.141. The van der Waals surface area contributed by atoms with Crippen LogP contribution in [0, 0.1) is 0 Å². The molecule has 0 saturated carbocycles. The van der Waals surface area contributed by atoms with Crippen LogP contribution in [-0.4, -0.2) is 43.2 Å². The Balaban J connectivity index is 1.85. The Morgan fingerprint density at radius 2 is 2.12 bits per heavy atom. The van der Waals surface area contributed by atoms with Crippen LogP contribution in [0.4, 0.5) is 0 Å². The molecule has 0 radical (unpaired) electrons. The van der Waals surface area contributed by atoms with Gasteiger partial charge >= 0.3 is 0 Å². The smallest absolute Gasteiger partial charge is 0.168 e. The van der Waals surface area contributed by atoms with E-state index in [4.69, 9.17) is 9.72 Å². The zero-order chi connectivity index (χ0) is 16.9. The lowest BCUT2D eigenvalue weighted by Crippen LogP contribution is -2.31. The van der Waals surface area contributed by atoms with E-state index in [1.807, 2.05) is 4.52 Å². The summed E-state index contributed by atoms with van der Waals surface area (Å²) in [4.78, 5) is 14.1. The van der Waals surface area contributed by atoms with Gasteiger partial charge in [-0.1, -0.05) is 13.8 Å². The molecule has 4 rings (SSSR count). The molecule has 0 fully saturated rings. The third-order valence-corrected chi connectivity index (χ3v) is 5.82. The molecule has 0 unspecified atom stereocenters. The van der Waals surface area contributed by atoms with Gasteiger partial charge in [-0.15, -0.1) is 16.4 Å². The summed E-state index contributed by atoms with van der Waals surface area (Å²) in [6.45, 7) is 12.0. The van der Waals surface area contributed by atoms with Crippen LogP contribution in [0.15, 0.2) is 6.33 Å². The highest BCUT2D eigenvalue weighted by Gasteiger charge is 2.30. The maximum absolute atomic E-state index is 5.95. The van der Waals surface area contributed by atoms with Crippen molar-refractivity contribution in [3.8, 4) is 0 Å². The lowest BCUT2D eigenvalue weighted by Gasteiger charge is -2.30. The molecule has 7 heteroatoms. The molecule has 3 aromatic rings. The predicted octanol–water partition coefficient (Wildman–Crippen LogP) is 3.03. The van der Waals surface area contributed by atoms with Crippen molar-refractivity contribution < 1.29 is 4.74 Å².